The highest BCUT2D eigenvalue weighted by atomic mass is 19.2. The van der Waals surface area contributed by atoms with Crippen molar-refractivity contribution < 1.29 is 22.7 Å². The molecule has 0 aliphatic heterocycles. The third-order valence-electron chi connectivity index (χ3n) is 5.82. The molecule has 0 unspecified atom stereocenters. The van der Waals surface area contributed by atoms with Crippen molar-refractivity contribution in [2.45, 2.75) is 13.3 Å². The molecule has 186 valence electrons. The molecule has 37 heavy (non-hydrogen) atoms. The summed E-state index contributed by atoms with van der Waals surface area (Å²) in [6, 6.07) is 9.57. The van der Waals surface area contributed by atoms with E-state index in [1.807, 2.05) is 6.07 Å². The Morgan fingerprint density at radius 1 is 1.05 bits per heavy atom. The molecule has 5 rings (SSSR count). The van der Waals surface area contributed by atoms with Gasteiger partial charge >= 0.3 is 0 Å². The lowest BCUT2D eigenvalue weighted by atomic mass is 10.0. The fourth-order valence-corrected chi connectivity index (χ4v) is 4.03. The molecule has 5 aromatic rings. The first-order valence-electron chi connectivity index (χ1n) is 11.0. The number of nitrogens with one attached hydrogen (secondary N) is 2. The zero-order chi connectivity index (χ0) is 26.3. The SMILES string of the molecule is Cc1[nH]nc(C#N)c1-c1nc(-n2cnc3cc(Nc4ccc(F)c(F)c4F)c(F)cc32)ccc1CCO. The van der Waals surface area contributed by atoms with Gasteiger partial charge in [0.25, 0.3) is 0 Å². The van der Waals surface area contributed by atoms with Crippen LogP contribution >= 0.6 is 0 Å². The third kappa shape index (κ3) is 4.15. The van der Waals surface area contributed by atoms with E-state index in [1.54, 1.807) is 19.1 Å². The lowest BCUT2D eigenvalue weighted by molar-refractivity contribution is 0.299. The van der Waals surface area contributed by atoms with Crippen molar-refractivity contribution in [2.24, 2.45) is 0 Å². The Labute approximate surface area is 206 Å². The number of imidazole rings is 1. The molecule has 0 bridgehead atoms. The molecule has 0 saturated heterocycles. The van der Waals surface area contributed by atoms with E-state index in [-0.39, 0.29) is 24.4 Å². The lowest BCUT2D eigenvalue weighted by Gasteiger charge is -2.12. The number of aryl methyl sites for hydroxylation is 1. The average Bonchev–Trinajstić information content (AvgIpc) is 3.47. The molecule has 8 nitrogen and oxygen atoms in total. The smallest absolute Gasteiger partial charge is 0.196 e. The first-order chi connectivity index (χ1) is 17.8. The predicted octanol–water partition coefficient (Wildman–Crippen LogP) is 4.83. The third-order valence-corrected chi connectivity index (χ3v) is 5.82. The highest BCUT2D eigenvalue weighted by Crippen LogP contribution is 2.31. The van der Waals surface area contributed by atoms with Crippen LogP contribution in [0.15, 0.2) is 42.7 Å². The molecule has 2 aromatic carbocycles. The highest BCUT2D eigenvalue weighted by molar-refractivity contribution is 5.83. The van der Waals surface area contributed by atoms with E-state index >= 15 is 4.39 Å². The molecule has 0 spiro atoms. The zero-order valence-electron chi connectivity index (χ0n) is 19.2. The number of aromatic nitrogens is 5. The summed E-state index contributed by atoms with van der Waals surface area (Å²) in [7, 11) is 0. The van der Waals surface area contributed by atoms with Crippen LogP contribution in [0.25, 0.3) is 28.1 Å². The van der Waals surface area contributed by atoms with Crippen molar-refractivity contribution in [1.82, 2.24) is 24.7 Å². The molecular weight excluding hydrogens is 490 g/mol. The molecule has 0 saturated carbocycles. The first-order valence-corrected chi connectivity index (χ1v) is 11.0. The minimum absolute atomic E-state index is 0.139. The van der Waals surface area contributed by atoms with Gasteiger partial charge < -0.3 is 10.4 Å². The minimum atomic E-state index is -1.67. The fourth-order valence-electron chi connectivity index (χ4n) is 4.03. The summed E-state index contributed by atoms with van der Waals surface area (Å²) in [5, 5.41) is 28.2. The molecule has 3 N–H and O–H groups in total. The van der Waals surface area contributed by atoms with Gasteiger partial charge in [-0.2, -0.15) is 10.4 Å². The second-order valence-corrected chi connectivity index (χ2v) is 8.12. The molecule has 0 radical (unpaired) electrons. The van der Waals surface area contributed by atoms with Gasteiger partial charge in [-0.05, 0) is 43.2 Å². The van der Waals surface area contributed by atoms with Gasteiger partial charge in [0.05, 0.1) is 33.7 Å². The maximum atomic E-state index is 15.0. The van der Waals surface area contributed by atoms with Crippen molar-refractivity contribution in [1.29, 1.82) is 5.26 Å². The summed E-state index contributed by atoms with van der Waals surface area (Å²) >= 11 is 0. The Bertz CT molecular complexity index is 1700. The Morgan fingerprint density at radius 3 is 2.62 bits per heavy atom. The van der Waals surface area contributed by atoms with Gasteiger partial charge in [-0.1, -0.05) is 6.07 Å². The van der Waals surface area contributed by atoms with E-state index in [9.17, 15) is 23.5 Å². The van der Waals surface area contributed by atoms with E-state index in [0.29, 0.717) is 39.4 Å². The van der Waals surface area contributed by atoms with Gasteiger partial charge in [0.15, 0.2) is 23.1 Å². The largest absolute Gasteiger partial charge is 0.396 e. The standard InChI is InChI=1S/C25H17F4N7O/c1-12-22(19(10-30)35-34-12)25-13(6-7-37)2-5-21(33-25)36-11-31-18-9-17(15(27)8-20(18)36)32-16-4-3-14(26)23(28)24(16)29/h2-5,8-9,11,32,37H,6-7H2,1H3,(H,34,35). The number of pyridine rings is 1. The van der Waals surface area contributed by atoms with E-state index in [1.165, 1.54) is 17.0 Å². The summed E-state index contributed by atoms with van der Waals surface area (Å²) in [4.78, 5) is 8.95. The van der Waals surface area contributed by atoms with Gasteiger partial charge in [0.1, 0.15) is 24.0 Å². The quantitative estimate of drug-likeness (QED) is 0.224. The van der Waals surface area contributed by atoms with E-state index in [0.717, 1.165) is 18.2 Å². The van der Waals surface area contributed by atoms with Gasteiger partial charge in [0, 0.05) is 18.4 Å². The Morgan fingerprint density at radius 2 is 1.86 bits per heavy atom. The van der Waals surface area contributed by atoms with Crippen molar-refractivity contribution in [3.05, 3.63) is 82.9 Å². The Kier molecular flexibility index (Phi) is 6.06. The van der Waals surface area contributed by atoms with Gasteiger partial charge in [-0.15, -0.1) is 0 Å². The lowest BCUT2D eigenvalue weighted by Crippen LogP contribution is -2.04. The normalized spacial score (nSPS) is 11.2. The molecule has 0 aliphatic rings. The van der Waals surface area contributed by atoms with Crippen LogP contribution in [0, 0.1) is 41.5 Å². The second-order valence-electron chi connectivity index (χ2n) is 8.12. The Hall–Kier alpha value is -4.76. The predicted molar refractivity (Wildman–Crippen MR) is 126 cm³/mol. The summed E-state index contributed by atoms with van der Waals surface area (Å²) in [5.41, 5.74) is 2.37. The minimum Gasteiger partial charge on any atom is -0.396 e. The van der Waals surface area contributed by atoms with Crippen molar-refractivity contribution in [3.8, 4) is 23.1 Å². The topological polar surface area (TPSA) is 115 Å². The van der Waals surface area contributed by atoms with Crippen LogP contribution in [0.5, 0.6) is 0 Å². The number of nitrogens with zero attached hydrogens (tertiary/aromatic N) is 5. The molecular formula is C25H17F4N7O. The van der Waals surface area contributed by atoms with Crippen molar-refractivity contribution in [3.63, 3.8) is 0 Å². The second kappa shape index (κ2) is 9.36. The van der Waals surface area contributed by atoms with Crippen LogP contribution in [0.1, 0.15) is 17.0 Å². The van der Waals surface area contributed by atoms with E-state index in [4.69, 9.17) is 0 Å². The molecule has 0 amide bonds. The van der Waals surface area contributed by atoms with E-state index < -0.39 is 29.0 Å². The summed E-state index contributed by atoms with van der Waals surface area (Å²) in [6.07, 6.45) is 1.70. The zero-order valence-corrected chi connectivity index (χ0v) is 19.2. The van der Waals surface area contributed by atoms with Gasteiger partial charge in [-0.25, -0.2) is 27.5 Å². The molecule has 3 aromatic heterocycles. The van der Waals surface area contributed by atoms with Crippen LogP contribution in [0.3, 0.4) is 0 Å². The maximum absolute atomic E-state index is 15.0. The molecule has 3 heterocycles. The van der Waals surface area contributed by atoms with Crippen LogP contribution < -0.4 is 5.32 Å². The number of aliphatic hydroxyl groups excluding tert-OH is 1. The number of benzene rings is 2. The van der Waals surface area contributed by atoms with Crippen LogP contribution in [-0.2, 0) is 6.42 Å². The van der Waals surface area contributed by atoms with E-state index in [2.05, 4.69) is 25.5 Å². The summed E-state index contributed by atoms with van der Waals surface area (Å²) < 4.78 is 57.4. The number of aromatic amines is 1. The van der Waals surface area contributed by atoms with Gasteiger partial charge in [-0.3, -0.25) is 9.67 Å². The number of H-pyrrole nitrogens is 1. The number of hydrogen-bond donors (Lipinski definition) is 3. The summed E-state index contributed by atoms with van der Waals surface area (Å²) in [6.45, 7) is 1.60. The number of anilines is 2. The highest BCUT2D eigenvalue weighted by Gasteiger charge is 2.20. The number of rotatable bonds is 6. The maximum Gasteiger partial charge on any atom is 0.196 e. The molecule has 0 fully saturated rings. The van der Waals surface area contributed by atoms with Crippen molar-refractivity contribution in [2.75, 3.05) is 11.9 Å². The number of aliphatic hydroxyl groups is 1. The van der Waals surface area contributed by atoms with Crippen LogP contribution in [0.4, 0.5) is 28.9 Å². The molecule has 0 aliphatic carbocycles. The number of hydrogen-bond acceptors (Lipinski definition) is 6. The van der Waals surface area contributed by atoms with Gasteiger partial charge in [0.2, 0.25) is 0 Å². The fraction of sp³-hybridized carbons (Fsp3) is 0.120. The Balaban J connectivity index is 1.59. The monoisotopic (exact) mass is 507 g/mol. The molecule has 12 heteroatoms. The number of fused-ring (bicyclic) bond motifs is 1. The number of nitriles is 1. The first kappa shape index (κ1) is 24.0. The molecule has 0 atom stereocenters. The average molecular weight is 507 g/mol. The van der Waals surface area contributed by atoms with Crippen molar-refractivity contribution >= 4 is 22.4 Å². The summed E-state index contributed by atoms with van der Waals surface area (Å²) in [5.74, 6) is -4.95. The van der Waals surface area contributed by atoms with Crippen LogP contribution in [-0.4, -0.2) is 36.4 Å². The number of halogens is 4. The van der Waals surface area contributed by atoms with Crippen LogP contribution in [0.2, 0.25) is 0 Å².